The summed E-state index contributed by atoms with van der Waals surface area (Å²) in [7, 11) is 0. The van der Waals surface area contributed by atoms with E-state index in [1.54, 1.807) is 32.2 Å². The van der Waals surface area contributed by atoms with Crippen LogP contribution in [0.2, 0.25) is 0 Å². The lowest BCUT2D eigenvalue weighted by Crippen LogP contribution is -2.42. The van der Waals surface area contributed by atoms with Gasteiger partial charge in [-0.15, -0.1) is 0 Å². The predicted molar refractivity (Wildman–Crippen MR) is 105 cm³/mol. The molecule has 1 aromatic heterocycles. The van der Waals surface area contributed by atoms with Crippen molar-refractivity contribution in [2.24, 2.45) is 5.92 Å². The maximum atomic E-state index is 12.8. The number of Topliss-reactive ketones (excluding diaryl/α,β-unsaturated/α-hetero) is 1. The van der Waals surface area contributed by atoms with Crippen molar-refractivity contribution in [2.45, 2.75) is 33.2 Å². The van der Waals surface area contributed by atoms with Crippen molar-refractivity contribution in [3.8, 4) is 0 Å². The fourth-order valence-corrected chi connectivity index (χ4v) is 3.52. The first-order valence-corrected chi connectivity index (χ1v) is 10.2. The lowest BCUT2D eigenvalue weighted by molar-refractivity contribution is -0.146. The van der Waals surface area contributed by atoms with Gasteiger partial charge in [0.1, 0.15) is 6.04 Å². The molecule has 0 spiro atoms. The van der Waals surface area contributed by atoms with Gasteiger partial charge in [0, 0.05) is 42.3 Å². The first-order valence-electron chi connectivity index (χ1n) is 9.00. The summed E-state index contributed by atoms with van der Waals surface area (Å²) in [6.07, 6.45) is 2.94. The van der Waals surface area contributed by atoms with E-state index in [9.17, 15) is 19.2 Å². The van der Waals surface area contributed by atoms with Gasteiger partial charge in [0.2, 0.25) is 5.91 Å². The van der Waals surface area contributed by atoms with Crippen molar-refractivity contribution in [3.05, 3.63) is 30.1 Å². The number of hydrogen-bond acceptors (Lipinski definition) is 8. The van der Waals surface area contributed by atoms with Gasteiger partial charge in [-0.2, -0.15) is 11.8 Å². The van der Waals surface area contributed by atoms with Crippen LogP contribution in [0.1, 0.15) is 37.6 Å². The molecule has 0 saturated heterocycles. The van der Waals surface area contributed by atoms with E-state index in [0.717, 1.165) is 0 Å². The van der Waals surface area contributed by atoms with Crippen LogP contribution in [0.5, 0.6) is 0 Å². The Morgan fingerprint density at radius 3 is 2.43 bits per heavy atom. The summed E-state index contributed by atoms with van der Waals surface area (Å²) in [4.78, 5) is 51.9. The van der Waals surface area contributed by atoms with E-state index in [-0.39, 0.29) is 42.8 Å². The van der Waals surface area contributed by atoms with E-state index >= 15 is 0 Å². The number of carbonyl (C=O) groups is 4. The van der Waals surface area contributed by atoms with Crippen molar-refractivity contribution in [3.63, 3.8) is 0 Å². The second-order valence-corrected chi connectivity index (χ2v) is 6.93. The van der Waals surface area contributed by atoms with Gasteiger partial charge in [0.25, 0.3) is 0 Å². The van der Waals surface area contributed by atoms with Crippen LogP contribution in [0.25, 0.3) is 0 Å². The topological polar surface area (TPSA) is 112 Å². The average Bonchev–Trinajstić information content (AvgIpc) is 2.66. The maximum Gasteiger partial charge on any atom is 0.329 e. The molecule has 1 amide bonds. The fourth-order valence-electron chi connectivity index (χ4n) is 2.38. The molecule has 1 unspecified atom stereocenters. The second kappa shape index (κ2) is 12.9. The molecule has 0 bridgehead atoms. The molecular weight excluding hydrogens is 384 g/mol. The van der Waals surface area contributed by atoms with Gasteiger partial charge in [0.15, 0.2) is 5.78 Å². The van der Waals surface area contributed by atoms with Gasteiger partial charge in [0.05, 0.1) is 19.6 Å². The minimum absolute atomic E-state index is 0.0707. The van der Waals surface area contributed by atoms with Crippen LogP contribution in [-0.4, -0.2) is 59.4 Å². The van der Waals surface area contributed by atoms with Gasteiger partial charge in [-0.1, -0.05) is 0 Å². The van der Waals surface area contributed by atoms with E-state index in [0.29, 0.717) is 5.56 Å². The molecule has 0 fully saturated rings. The molecule has 1 aromatic rings. The molecule has 9 heteroatoms. The third-order valence-electron chi connectivity index (χ3n) is 3.59. The Morgan fingerprint density at radius 2 is 1.86 bits per heavy atom. The molecule has 0 aromatic carbocycles. The number of esters is 2. The molecule has 1 rings (SSSR count). The van der Waals surface area contributed by atoms with Crippen molar-refractivity contribution >= 4 is 35.4 Å². The number of rotatable bonds is 12. The summed E-state index contributed by atoms with van der Waals surface area (Å²) in [5, 5.41) is 2.54. The molecule has 0 aliphatic heterocycles. The van der Waals surface area contributed by atoms with Crippen LogP contribution >= 0.6 is 11.8 Å². The zero-order chi connectivity index (χ0) is 20.9. The number of carbonyl (C=O) groups excluding carboxylic acids is 4. The van der Waals surface area contributed by atoms with Crippen molar-refractivity contribution in [1.82, 2.24) is 10.3 Å². The number of nitrogens with zero attached hydrogens (tertiary/aromatic N) is 1. The zero-order valence-electron chi connectivity index (χ0n) is 16.3. The fraction of sp³-hybridized carbons (Fsp3) is 0.526. The van der Waals surface area contributed by atoms with Crippen molar-refractivity contribution in [1.29, 1.82) is 0 Å². The number of ether oxygens (including phenoxy) is 2. The van der Waals surface area contributed by atoms with Gasteiger partial charge >= 0.3 is 11.9 Å². The highest BCUT2D eigenvalue weighted by molar-refractivity contribution is 7.99. The summed E-state index contributed by atoms with van der Waals surface area (Å²) in [5.41, 5.74) is 0.404. The molecule has 1 heterocycles. The Kier molecular flexibility index (Phi) is 10.9. The summed E-state index contributed by atoms with van der Waals surface area (Å²) in [6.45, 7) is 5.12. The summed E-state index contributed by atoms with van der Waals surface area (Å²) < 4.78 is 9.92. The molecule has 1 N–H and O–H groups in total. The van der Waals surface area contributed by atoms with E-state index < -0.39 is 23.9 Å². The Morgan fingerprint density at radius 1 is 1.14 bits per heavy atom. The first-order chi connectivity index (χ1) is 13.4. The molecule has 28 heavy (non-hydrogen) atoms. The number of hydrogen-bond donors (Lipinski definition) is 1. The average molecular weight is 410 g/mol. The van der Waals surface area contributed by atoms with Crippen molar-refractivity contribution in [2.75, 3.05) is 24.7 Å². The third kappa shape index (κ3) is 8.51. The smallest absolute Gasteiger partial charge is 0.329 e. The number of thioether (sulfide) groups is 1. The number of ketones is 1. The molecule has 2 atom stereocenters. The molecule has 8 nitrogen and oxygen atoms in total. The SMILES string of the molecule is CCOC(=O)CC(CSC[C@H](NC(C)=O)C(=O)OCC)C(=O)c1cccnc1. The second-order valence-electron chi connectivity index (χ2n) is 5.85. The standard InChI is InChI=1S/C19H26N2O6S/c1-4-26-17(23)9-15(18(24)14-7-6-8-20-10-14)11-28-12-16(21-13(3)22)19(25)27-5-2/h6-8,10,15-16H,4-5,9,11-12H2,1-3H3,(H,21,22)/t15?,16-/m0/s1. The maximum absolute atomic E-state index is 12.8. The highest BCUT2D eigenvalue weighted by Gasteiger charge is 2.26. The van der Waals surface area contributed by atoms with Crippen LogP contribution in [0.3, 0.4) is 0 Å². The predicted octanol–water partition coefficient (Wildman–Crippen LogP) is 1.63. The normalized spacial score (nSPS) is 12.5. The number of nitrogens with one attached hydrogen (secondary N) is 1. The minimum Gasteiger partial charge on any atom is -0.466 e. The van der Waals surface area contributed by atoms with Crippen LogP contribution < -0.4 is 5.32 Å². The Bertz CT molecular complexity index is 668. The van der Waals surface area contributed by atoms with Gasteiger partial charge in [-0.3, -0.25) is 19.4 Å². The number of amides is 1. The van der Waals surface area contributed by atoms with Gasteiger partial charge < -0.3 is 14.8 Å². The third-order valence-corrected chi connectivity index (χ3v) is 4.79. The van der Waals surface area contributed by atoms with E-state index in [1.165, 1.54) is 24.9 Å². The van der Waals surface area contributed by atoms with Crippen molar-refractivity contribution < 1.29 is 28.7 Å². The summed E-state index contributed by atoms with van der Waals surface area (Å²) in [6, 6.07) is 2.46. The van der Waals surface area contributed by atoms with E-state index in [2.05, 4.69) is 10.3 Å². The molecule has 154 valence electrons. The van der Waals surface area contributed by atoms with Crippen LogP contribution in [0.4, 0.5) is 0 Å². The van der Waals surface area contributed by atoms with E-state index in [1.807, 2.05) is 0 Å². The Balaban J connectivity index is 2.78. The Labute approximate surface area is 168 Å². The first kappa shape index (κ1) is 23.6. The van der Waals surface area contributed by atoms with Gasteiger partial charge in [-0.05, 0) is 26.0 Å². The molecule has 0 aliphatic rings. The number of aromatic nitrogens is 1. The molecule has 0 saturated carbocycles. The number of pyridine rings is 1. The van der Waals surface area contributed by atoms with Crippen LogP contribution in [-0.2, 0) is 23.9 Å². The van der Waals surface area contributed by atoms with Gasteiger partial charge in [-0.25, -0.2) is 4.79 Å². The quantitative estimate of drug-likeness (QED) is 0.409. The highest BCUT2D eigenvalue weighted by atomic mass is 32.2. The van der Waals surface area contributed by atoms with E-state index in [4.69, 9.17) is 9.47 Å². The van der Waals surface area contributed by atoms with Crippen LogP contribution in [0.15, 0.2) is 24.5 Å². The summed E-state index contributed by atoms with van der Waals surface area (Å²) in [5.74, 6) is -1.71. The summed E-state index contributed by atoms with van der Waals surface area (Å²) >= 11 is 1.28. The lowest BCUT2D eigenvalue weighted by Gasteiger charge is -2.18. The largest absolute Gasteiger partial charge is 0.466 e. The monoisotopic (exact) mass is 410 g/mol. The zero-order valence-corrected chi connectivity index (χ0v) is 17.1. The lowest BCUT2D eigenvalue weighted by atomic mass is 9.97. The Hall–Kier alpha value is -2.42. The van der Waals surface area contributed by atoms with Crippen LogP contribution in [0, 0.1) is 5.92 Å². The molecule has 0 radical (unpaired) electrons. The molecular formula is C19H26N2O6S. The molecule has 0 aliphatic carbocycles. The minimum atomic E-state index is -0.820. The highest BCUT2D eigenvalue weighted by Crippen LogP contribution is 2.19.